The minimum Gasteiger partial charge on any atom is -0.338 e. The van der Waals surface area contributed by atoms with Gasteiger partial charge in [-0.25, -0.2) is 0 Å². The van der Waals surface area contributed by atoms with E-state index in [1.165, 1.54) is 32.1 Å². The summed E-state index contributed by atoms with van der Waals surface area (Å²) in [7, 11) is 0. The average Bonchev–Trinajstić information content (AvgIpc) is 2.68. The summed E-state index contributed by atoms with van der Waals surface area (Å²) in [6.45, 7) is 1.54. The molecule has 2 heterocycles. The van der Waals surface area contributed by atoms with Crippen molar-refractivity contribution in [2.24, 2.45) is 5.92 Å². The van der Waals surface area contributed by atoms with Crippen molar-refractivity contribution in [3.8, 4) is 0 Å². The fourth-order valence-electron chi connectivity index (χ4n) is 3.60. The molecule has 0 saturated heterocycles. The zero-order chi connectivity index (χ0) is 17.3. The number of aryl methyl sites for hydroxylation is 1. The predicted molar refractivity (Wildman–Crippen MR) is 98.8 cm³/mol. The number of pyridine rings is 2. The Hall–Kier alpha value is -2.23. The first-order chi connectivity index (χ1) is 12.3. The van der Waals surface area contributed by atoms with E-state index in [2.05, 4.69) is 16.0 Å². The first kappa shape index (κ1) is 17.6. The number of hydrogen-bond acceptors (Lipinski definition) is 3. The lowest BCUT2D eigenvalue weighted by Gasteiger charge is -2.30. The third kappa shape index (κ3) is 5.66. The summed E-state index contributed by atoms with van der Waals surface area (Å²) in [5.41, 5.74) is 2.22. The van der Waals surface area contributed by atoms with Crippen molar-refractivity contribution in [3.05, 3.63) is 60.2 Å². The Kier molecular flexibility index (Phi) is 6.55. The Morgan fingerprint density at radius 2 is 1.68 bits per heavy atom. The molecule has 132 valence electrons. The van der Waals surface area contributed by atoms with E-state index in [0.717, 1.165) is 24.1 Å². The topological polar surface area (TPSA) is 46.1 Å². The minimum absolute atomic E-state index is 0.235. The van der Waals surface area contributed by atoms with Gasteiger partial charge in [-0.2, -0.15) is 0 Å². The van der Waals surface area contributed by atoms with Gasteiger partial charge in [-0.1, -0.05) is 31.4 Å². The van der Waals surface area contributed by atoms with Gasteiger partial charge in [0.25, 0.3) is 0 Å². The summed E-state index contributed by atoms with van der Waals surface area (Å²) in [4.78, 5) is 23.3. The average molecular weight is 337 g/mol. The number of carbonyl (C=O) groups is 1. The van der Waals surface area contributed by atoms with E-state index >= 15 is 0 Å². The van der Waals surface area contributed by atoms with E-state index in [0.29, 0.717) is 18.9 Å². The molecule has 1 saturated carbocycles. The van der Waals surface area contributed by atoms with Gasteiger partial charge in [-0.05, 0) is 48.4 Å². The van der Waals surface area contributed by atoms with Crippen LogP contribution in [0.25, 0.3) is 0 Å². The molecule has 0 spiro atoms. The lowest BCUT2D eigenvalue weighted by atomic mass is 9.88. The molecule has 0 aliphatic heterocycles. The molecule has 2 aromatic rings. The highest BCUT2D eigenvalue weighted by Gasteiger charge is 2.21. The lowest BCUT2D eigenvalue weighted by Crippen LogP contribution is -2.35. The zero-order valence-electron chi connectivity index (χ0n) is 14.8. The molecule has 25 heavy (non-hydrogen) atoms. The fourth-order valence-corrected chi connectivity index (χ4v) is 3.60. The molecule has 0 bridgehead atoms. The molecule has 4 nitrogen and oxygen atoms in total. The van der Waals surface area contributed by atoms with Crippen LogP contribution < -0.4 is 0 Å². The van der Waals surface area contributed by atoms with E-state index in [1.54, 1.807) is 12.4 Å². The van der Waals surface area contributed by atoms with Crippen molar-refractivity contribution >= 4 is 5.91 Å². The van der Waals surface area contributed by atoms with E-state index in [1.807, 2.05) is 35.5 Å². The van der Waals surface area contributed by atoms with Crippen molar-refractivity contribution in [1.29, 1.82) is 0 Å². The van der Waals surface area contributed by atoms with Crippen LogP contribution in [-0.2, 0) is 17.8 Å². The van der Waals surface area contributed by atoms with Crippen LogP contribution in [0.4, 0.5) is 0 Å². The van der Waals surface area contributed by atoms with E-state index in [9.17, 15) is 4.79 Å². The predicted octanol–water partition coefficient (Wildman–Crippen LogP) is 4.02. The molecule has 3 rings (SSSR count). The van der Waals surface area contributed by atoms with E-state index in [4.69, 9.17) is 0 Å². The van der Waals surface area contributed by atoms with Crippen LogP contribution in [-0.4, -0.2) is 27.3 Å². The largest absolute Gasteiger partial charge is 0.338 e. The van der Waals surface area contributed by atoms with Gasteiger partial charge >= 0.3 is 0 Å². The maximum atomic E-state index is 12.9. The molecule has 1 aliphatic carbocycles. The van der Waals surface area contributed by atoms with Crippen molar-refractivity contribution in [1.82, 2.24) is 14.9 Å². The molecule has 1 fully saturated rings. The standard InChI is InChI=1S/C21H27N3O/c25-21(11-10-18-8-4-12-22-14-18)24(16-19-6-2-1-3-7-19)17-20-9-5-13-23-15-20/h4-5,8-9,12-15,19H,1-3,6-7,10-11,16-17H2. The Balaban J connectivity index is 1.62. The summed E-state index contributed by atoms with van der Waals surface area (Å²) < 4.78 is 0. The number of rotatable bonds is 7. The molecule has 0 radical (unpaired) electrons. The number of nitrogens with zero attached hydrogens (tertiary/aromatic N) is 3. The van der Waals surface area contributed by atoms with E-state index in [-0.39, 0.29) is 5.91 Å². The van der Waals surface area contributed by atoms with Crippen molar-refractivity contribution in [3.63, 3.8) is 0 Å². The third-order valence-electron chi connectivity index (χ3n) is 5.00. The summed E-state index contributed by atoms with van der Waals surface area (Å²) >= 11 is 0. The second kappa shape index (κ2) is 9.30. The molecule has 0 atom stereocenters. The summed E-state index contributed by atoms with van der Waals surface area (Å²) in [6.07, 6.45) is 15.0. The van der Waals surface area contributed by atoms with Crippen LogP contribution in [0.15, 0.2) is 49.1 Å². The molecule has 2 aromatic heterocycles. The first-order valence-electron chi connectivity index (χ1n) is 9.37. The van der Waals surface area contributed by atoms with Gasteiger partial charge in [0.05, 0.1) is 0 Å². The van der Waals surface area contributed by atoms with Crippen LogP contribution >= 0.6 is 0 Å². The highest BCUT2D eigenvalue weighted by Crippen LogP contribution is 2.25. The SMILES string of the molecule is O=C(CCc1cccnc1)N(Cc1cccnc1)CC1CCCCC1. The molecule has 0 N–H and O–H groups in total. The Labute approximate surface area is 150 Å². The maximum absolute atomic E-state index is 12.9. The summed E-state index contributed by atoms with van der Waals surface area (Å²) in [5.74, 6) is 0.881. The Morgan fingerprint density at radius 3 is 2.32 bits per heavy atom. The second-order valence-electron chi connectivity index (χ2n) is 7.00. The zero-order valence-corrected chi connectivity index (χ0v) is 14.8. The lowest BCUT2D eigenvalue weighted by molar-refractivity contribution is -0.132. The van der Waals surface area contributed by atoms with Gasteiger partial charge in [0, 0.05) is 44.3 Å². The van der Waals surface area contributed by atoms with Gasteiger partial charge in [0.2, 0.25) is 5.91 Å². The molecule has 1 aliphatic rings. The summed E-state index contributed by atoms with van der Waals surface area (Å²) in [5, 5.41) is 0. The normalized spacial score (nSPS) is 15.0. The number of amides is 1. The van der Waals surface area contributed by atoms with Crippen LogP contribution in [0, 0.1) is 5.92 Å². The number of hydrogen-bond donors (Lipinski definition) is 0. The van der Waals surface area contributed by atoms with Gasteiger partial charge < -0.3 is 4.90 Å². The molecule has 4 heteroatoms. The van der Waals surface area contributed by atoms with Crippen LogP contribution in [0.1, 0.15) is 49.7 Å². The molecular formula is C21H27N3O. The van der Waals surface area contributed by atoms with Crippen molar-refractivity contribution < 1.29 is 4.79 Å². The second-order valence-corrected chi connectivity index (χ2v) is 7.00. The maximum Gasteiger partial charge on any atom is 0.223 e. The monoisotopic (exact) mass is 337 g/mol. The minimum atomic E-state index is 0.235. The highest BCUT2D eigenvalue weighted by atomic mass is 16.2. The van der Waals surface area contributed by atoms with Crippen molar-refractivity contribution in [2.45, 2.75) is 51.5 Å². The summed E-state index contributed by atoms with van der Waals surface area (Å²) in [6, 6.07) is 7.95. The first-order valence-corrected chi connectivity index (χ1v) is 9.37. The highest BCUT2D eigenvalue weighted by molar-refractivity contribution is 5.76. The molecule has 1 amide bonds. The van der Waals surface area contributed by atoms with Crippen LogP contribution in [0.3, 0.4) is 0 Å². The number of aromatic nitrogens is 2. The third-order valence-corrected chi connectivity index (χ3v) is 5.00. The van der Waals surface area contributed by atoms with Crippen LogP contribution in [0.2, 0.25) is 0 Å². The Bertz CT molecular complexity index is 639. The van der Waals surface area contributed by atoms with Gasteiger partial charge in [-0.3, -0.25) is 14.8 Å². The van der Waals surface area contributed by atoms with Gasteiger partial charge in [0.1, 0.15) is 0 Å². The smallest absolute Gasteiger partial charge is 0.223 e. The quantitative estimate of drug-likeness (QED) is 0.766. The molecule has 0 aromatic carbocycles. The van der Waals surface area contributed by atoms with E-state index < -0.39 is 0 Å². The fraction of sp³-hybridized carbons (Fsp3) is 0.476. The van der Waals surface area contributed by atoms with Gasteiger partial charge in [0.15, 0.2) is 0 Å². The Morgan fingerprint density at radius 1 is 1.00 bits per heavy atom. The van der Waals surface area contributed by atoms with Gasteiger partial charge in [-0.15, -0.1) is 0 Å². The van der Waals surface area contributed by atoms with Crippen molar-refractivity contribution in [2.75, 3.05) is 6.54 Å². The van der Waals surface area contributed by atoms with Crippen LogP contribution in [0.5, 0.6) is 0 Å². The molecular weight excluding hydrogens is 310 g/mol. The molecule has 0 unspecified atom stereocenters. The number of carbonyl (C=O) groups excluding carboxylic acids is 1.